The van der Waals surface area contributed by atoms with Gasteiger partial charge in [-0.3, -0.25) is 4.99 Å². The minimum atomic E-state index is 0.898. The maximum atomic E-state index is 3.90. The summed E-state index contributed by atoms with van der Waals surface area (Å²) in [5, 5.41) is 0. The van der Waals surface area contributed by atoms with Gasteiger partial charge in [-0.2, -0.15) is 0 Å². The lowest BCUT2D eigenvalue weighted by Gasteiger charge is -1.90. The summed E-state index contributed by atoms with van der Waals surface area (Å²) >= 11 is 0. The summed E-state index contributed by atoms with van der Waals surface area (Å²) in [7, 11) is 1.74. The van der Waals surface area contributed by atoms with E-state index in [9.17, 15) is 0 Å². The molecule has 0 aromatic carbocycles. The fourth-order valence-corrected chi connectivity index (χ4v) is 1.20. The zero-order valence-electron chi connectivity index (χ0n) is 11.8. The van der Waals surface area contributed by atoms with E-state index in [0.717, 1.165) is 17.6 Å². The van der Waals surface area contributed by atoms with Gasteiger partial charge in [0.05, 0.1) is 0 Å². The van der Waals surface area contributed by atoms with E-state index in [4.69, 9.17) is 0 Å². The number of nitrogens with zero attached hydrogens (tertiary/aromatic N) is 1. The Morgan fingerprint density at radius 2 is 1.74 bits per heavy atom. The molecule has 0 unspecified atom stereocenters. The molecule has 0 N–H and O–H groups in total. The van der Waals surface area contributed by atoms with E-state index in [1.807, 2.05) is 30.4 Å². The number of allylic oxidation sites excluding steroid dienone is 10. The van der Waals surface area contributed by atoms with Crippen LogP contribution in [-0.2, 0) is 0 Å². The van der Waals surface area contributed by atoms with Crippen molar-refractivity contribution in [2.45, 2.75) is 13.3 Å². The molecule has 0 aromatic heterocycles. The number of hydrogen-bond donors (Lipinski definition) is 0. The van der Waals surface area contributed by atoms with Gasteiger partial charge in [0.2, 0.25) is 0 Å². The van der Waals surface area contributed by atoms with E-state index in [2.05, 4.69) is 43.0 Å². The molecule has 0 fully saturated rings. The number of aliphatic imine (C=N–C) groups is 1. The molecule has 0 aromatic rings. The van der Waals surface area contributed by atoms with Crippen molar-refractivity contribution in [1.29, 1.82) is 0 Å². The first-order valence-corrected chi connectivity index (χ1v) is 6.21. The summed E-state index contributed by atoms with van der Waals surface area (Å²) in [6.07, 6.45) is 17.7. The van der Waals surface area contributed by atoms with Crippen LogP contribution in [0.15, 0.2) is 77.9 Å². The Balaban J connectivity index is 5.11. The molecule has 0 spiro atoms. The normalized spacial score (nSPS) is 12.9. The third-order valence-electron chi connectivity index (χ3n) is 2.00. The summed E-state index contributed by atoms with van der Waals surface area (Å²) < 4.78 is 0. The van der Waals surface area contributed by atoms with Crippen LogP contribution in [-0.4, -0.2) is 13.3 Å². The van der Waals surface area contributed by atoms with Crippen molar-refractivity contribution in [3.05, 3.63) is 72.9 Å². The number of rotatable bonds is 6. The van der Waals surface area contributed by atoms with Gasteiger partial charge >= 0.3 is 0 Å². The van der Waals surface area contributed by atoms with Crippen molar-refractivity contribution < 1.29 is 0 Å². The van der Waals surface area contributed by atoms with Crippen molar-refractivity contribution >= 4 is 6.21 Å². The van der Waals surface area contributed by atoms with E-state index in [-0.39, 0.29) is 0 Å². The zero-order chi connectivity index (χ0) is 14.3. The molecule has 0 bridgehead atoms. The second kappa shape index (κ2) is 12.1. The largest absolute Gasteiger partial charge is 0.297 e. The van der Waals surface area contributed by atoms with Crippen LogP contribution in [0.4, 0.5) is 0 Å². The topological polar surface area (TPSA) is 12.4 Å². The van der Waals surface area contributed by atoms with Gasteiger partial charge < -0.3 is 0 Å². The average molecular weight is 251 g/mol. The van der Waals surface area contributed by atoms with Gasteiger partial charge in [-0.1, -0.05) is 56.2 Å². The van der Waals surface area contributed by atoms with Crippen LogP contribution in [0.2, 0.25) is 0 Å². The molecule has 0 atom stereocenters. The van der Waals surface area contributed by atoms with Gasteiger partial charge in [0.1, 0.15) is 0 Å². The predicted molar refractivity (Wildman–Crippen MR) is 87.3 cm³/mol. The van der Waals surface area contributed by atoms with Gasteiger partial charge in [-0.25, -0.2) is 0 Å². The maximum absolute atomic E-state index is 3.90. The maximum Gasteiger partial charge on any atom is 0.0277 e. The van der Waals surface area contributed by atoms with Gasteiger partial charge in [0, 0.05) is 24.4 Å². The molecule has 19 heavy (non-hydrogen) atoms. The molecule has 0 heterocycles. The highest BCUT2D eigenvalue weighted by molar-refractivity contribution is 5.72. The lowest BCUT2D eigenvalue weighted by atomic mass is 10.1. The lowest BCUT2D eigenvalue weighted by molar-refractivity contribution is 1.21. The van der Waals surface area contributed by atoms with Crippen LogP contribution in [0.25, 0.3) is 0 Å². The van der Waals surface area contributed by atoms with Crippen LogP contribution in [0.1, 0.15) is 13.3 Å². The first-order valence-electron chi connectivity index (χ1n) is 6.21. The zero-order valence-corrected chi connectivity index (χ0v) is 11.8. The van der Waals surface area contributed by atoms with Crippen LogP contribution < -0.4 is 0 Å². The Morgan fingerprint density at radius 1 is 1.05 bits per heavy atom. The monoisotopic (exact) mass is 251 g/mol. The van der Waals surface area contributed by atoms with Crippen LogP contribution in [0.3, 0.4) is 0 Å². The Morgan fingerprint density at radius 3 is 2.32 bits per heavy atom. The van der Waals surface area contributed by atoms with Crippen LogP contribution in [0.5, 0.6) is 0 Å². The fourth-order valence-electron chi connectivity index (χ4n) is 1.20. The summed E-state index contributed by atoms with van der Waals surface area (Å²) in [4.78, 5) is 3.90. The summed E-state index contributed by atoms with van der Waals surface area (Å²) in [6, 6.07) is 0. The van der Waals surface area contributed by atoms with Gasteiger partial charge in [0.15, 0.2) is 0 Å². The fraction of sp³-hybridized carbons (Fsp3) is 0.167. The average Bonchev–Trinajstić information content (AvgIpc) is 2.42. The molecule has 1 nitrogen and oxygen atoms in total. The lowest BCUT2D eigenvalue weighted by Crippen LogP contribution is -1.76. The van der Waals surface area contributed by atoms with Crippen molar-refractivity contribution in [3.63, 3.8) is 0 Å². The molecule has 0 saturated carbocycles. The van der Waals surface area contributed by atoms with Crippen molar-refractivity contribution in [2.24, 2.45) is 4.99 Å². The van der Waals surface area contributed by atoms with Crippen LogP contribution in [0, 0.1) is 11.8 Å². The standard InChI is InChI=1S/C18H21N/c1-5-8-12-17(10-6-2)14-15-18(11-7-3)13-9-16-19-4/h5-6,8-13,16H,1-2,7H2,3-4H3/b12-8-,13-9-,17-10+,18-11+,19-16?. The quantitative estimate of drug-likeness (QED) is 0.376. The number of hydrogen-bond acceptors (Lipinski definition) is 1. The molecule has 0 rings (SSSR count). The summed E-state index contributed by atoms with van der Waals surface area (Å²) in [6.45, 7) is 9.41. The molecule has 1 heteroatoms. The predicted octanol–water partition coefficient (Wildman–Crippen LogP) is 4.44. The van der Waals surface area contributed by atoms with E-state index < -0.39 is 0 Å². The molecule has 98 valence electrons. The molecule has 0 radical (unpaired) electrons. The van der Waals surface area contributed by atoms with Crippen molar-refractivity contribution in [2.75, 3.05) is 7.05 Å². The minimum absolute atomic E-state index is 0.898. The van der Waals surface area contributed by atoms with E-state index in [1.54, 1.807) is 25.4 Å². The van der Waals surface area contributed by atoms with Gasteiger partial charge in [0.25, 0.3) is 0 Å². The molecular formula is C18H21N. The molecule has 0 aliphatic carbocycles. The minimum Gasteiger partial charge on any atom is -0.297 e. The summed E-state index contributed by atoms with van der Waals surface area (Å²) in [5.74, 6) is 6.24. The first-order chi connectivity index (χ1) is 9.28. The molecule has 0 amide bonds. The smallest absolute Gasteiger partial charge is 0.0277 e. The van der Waals surface area contributed by atoms with Gasteiger partial charge in [-0.15, -0.1) is 0 Å². The third-order valence-corrected chi connectivity index (χ3v) is 2.00. The Hall–Kier alpha value is -2.33. The highest BCUT2D eigenvalue weighted by Crippen LogP contribution is 2.01. The Bertz CT molecular complexity index is 486. The van der Waals surface area contributed by atoms with E-state index in [0.29, 0.717) is 0 Å². The van der Waals surface area contributed by atoms with Crippen molar-refractivity contribution in [1.82, 2.24) is 0 Å². The Labute approximate surface area is 117 Å². The SMILES string of the molecule is C=C/C=C\C(C#CC(/C=C\C=NC)=C/CC)=C/C=C. The Kier molecular flexibility index (Phi) is 10.6. The molecular weight excluding hydrogens is 230 g/mol. The molecule has 0 saturated heterocycles. The van der Waals surface area contributed by atoms with Crippen LogP contribution >= 0.6 is 0 Å². The second-order valence-corrected chi connectivity index (χ2v) is 3.54. The second-order valence-electron chi connectivity index (χ2n) is 3.54. The third kappa shape index (κ3) is 9.38. The summed E-state index contributed by atoms with van der Waals surface area (Å²) in [5.41, 5.74) is 1.87. The first kappa shape index (κ1) is 16.7. The molecule has 0 aliphatic heterocycles. The van der Waals surface area contributed by atoms with Crippen molar-refractivity contribution in [3.8, 4) is 11.8 Å². The highest BCUT2D eigenvalue weighted by atomic mass is 14.6. The van der Waals surface area contributed by atoms with Gasteiger partial charge in [-0.05, 0) is 30.7 Å². The molecule has 0 aliphatic rings. The van der Waals surface area contributed by atoms with E-state index >= 15 is 0 Å². The van der Waals surface area contributed by atoms with E-state index in [1.165, 1.54) is 0 Å². The highest BCUT2D eigenvalue weighted by Gasteiger charge is 1.86.